The van der Waals surface area contributed by atoms with E-state index < -0.39 is 0 Å². The molecule has 0 aliphatic heterocycles. The maximum atomic E-state index is 12.1. The molecule has 0 saturated heterocycles. The van der Waals surface area contributed by atoms with E-state index in [0.717, 1.165) is 32.4 Å². The molecule has 0 spiro atoms. The van der Waals surface area contributed by atoms with E-state index in [2.05, 4.69) is 28.8 Å². The molecule has 0 aliphatic rings. The van der Waals surface area contributed by atoms with Gasteiger partial charge in [0.25, 0.3) is 5.91 Å². The molecule has 1 heterocycles. The molecule has 0 aromatic carbocycles. The van der Waals surface area contributed by atoms with Gasteiger partial charge >= 0.3 is 0 Å². The molecule has 1 aromatic rings. The van der Waals surface area contributed by atoms with E-state index in [9.17, 15) is 4.79 Å². The van der Waals surface area contributed by atoms with Crippen LogP contribution >= 0.6 is 11.8 Å². The number of hydrogen-bond donors (Lipinski definition) is 2. The van der Waals surface area contributed by atoms with Crippen molar-refractivity contribution < 1.29 is 4.79 Å². The number of pyridine rings is 1. The van der Waals surface area contributed by atoms with Crippen molar-refractivity contribution in [3.63, 3.8) is 0 Å². The number of unbranched alkanes of at least 4 members (excludes halogenated alkanes) is 2. The van der Waals surface area contributed by atoms with Gasteiger partial charge in [-0.05, 0) is 43.4 Å². The lowest BCUT2D eigenvalue weighted by Crippen LogP contribution is -2.25. The van der Waals surface area contributed by atoms with Gasteiger partial charge < -0.3 is 10.6 Å². The third-order valence-corrected chi connectivity index (χ3v) is 3.60. The van der Waals surface area contributed by atoms with Gasteiger partial charge in [0.1, 0.15) is 5.82 Å². The van der Waals surface area contributed by atoms with Gasteiger partial charge in [-0.2, -0.15) is 11.8 Å². The molecule has 112 valence electrons. The van der Waals surface area contributed by atoms with Gasteiger partial charge in [-0.3, -0.25) is 4.79 Å². The fourth-order valence-electron chi connectivity index (χ4n) is 1.82. The topological polar surface area (TPSA) is 54.0 Å². The van der Waals surface area contributed by atoms with Crippen LogP contribution in [0.4, 0.5) is 5.82 Å². The Bertz CT molecular complexity index is 398. The number of carbonyl (C=O) groups excluding carboxylic acids is 1. The lowest BCUT2D eigenvalue weighted by Gasteiger charge is -2.10. The lowest BCUT2D eigenvalue weighted by molar-refractivity contribution is 0.0953. The molecule has 4 nitrogen and oxygen atoms in total. The highest BCUT2D eigenvalue weighted by atomic mass is 32.2. The van der Waals surface area contributed by atoms with Crippen molar-refractivity contribution in [3.8, 4) is 0 Å². The van der Waals surface area contributed by atoms with E-state index in [0.29, 0.717) is 11.4 Å². The van der Waals surface area contributed by atoms with E-state index in [1.54, 1.807) is 12.3 Å². The molecule has 20 heavy (non-hydrogen) atoms. The van der Waals surface area contributed by atoms with Gasteiger partial charge in [-0.15, -0.1) is 0 Å². The van der Waals surface area contributed by atoms with Crippen LogP contribution in [-0.4, -0.2) is 36.0 Å². The zero-order chi connectivity index (χ0) is 14.6. The third kappa shape index (κ3) is 6.28. The average Bonchev–Trinajstić information content (AvgIpc) is 2.48. The summed E-state index contributed by atoms with van der Waals surface area (Å²) in [5.74, 6) is 1.83. The highest BCUT2D eigenvalue weighted by Gasteiger charge is 2.10. The number of nitrogens with one attached hydrogen (secondary N) is 2. The summed E-state index contributed by atoms with van der Waals surface area (Å²) in [7, 11) is 0. The molecule has 0 saturated carbocycles. The summed E-state index contributed by atoms with van der Waals surface area (Å²) in [6, 6.07) is 3.61. The molecule has 1 aromatic heterocycles. The molecule has 0 aliphatic carbocycles. The first-order valence-corrected chi connectivity index (χ1v) is 8.65. The first-order valence-electron chi connectivity index (χ1n) is 7.25. The Morgan fingerprint density at radius 1 is 1.30 bits per heavy atom. The molecular weight excluding hydrogens is 270 g/mol. The lowest BCUT2D eigenvalue weighted by atomic mass is 10.2. The standard InChI is InChI=1S/C15H25N3OS/c1-3-9-16-14-13(8-7-11-17-14)15(19)18-10-5-4-6-12-20-2/h7-8,11H,3-6,9-10,12H2,1-2H3,(H,16,17)(H,18,19). The molecule has 0 radical (unpaired) electrons. The number of rotatable bonds is 10. The quantitative estimate of drug-likeness (QED) is 0.651. The number of aromatic nitrogens is 1. The number of nitrogens with zero attached hydrogens (tertiary/aromatic N) is 1. The Balaban J connectivity index is 2.38. The molecule has 1 amide bonds. The van der Waals surface area contributed by atoms with Crippen LogP contribution in [0.25, 0.3) is 0 Å². The maximum Gasteiger partial charge on any atom is 0.255 e. The van der Waals surface area contributed by atoms with Crippen LogP contribution < -0.4 is 10.6 Å². The van der Waals surface area contributed by atoms with Crippen LogP contribution in [0.3, 0.4) is 0 Å². The summed E-state index contributed by atoms with van der Waals surface area (Å²) in [6.45, 7) is 3.64. The largest absolute Gasteiger partial charge is 0.369 e. The molecule has 1 rings (SSSR count). The summed E-state index contributed by atoms with van der Waals surface area (Å²) in [5.41, 5.74) is 0.630. The predicted molar refractivity (Wildman–Crippen MR) is 87.6 cm³/mol. The van der Waals surface area contributed by atoms with Crippen LogP contribution in [-0.2, 0) is 0 Å². The number of amides is 1. The van der Waals surface area contributed by atoms with Crippen molar-refractivity contribution in [3.05, 3.63) is 23.9 Å². The average molecular weight is 295 g/mol. The van der Waals surface area contributed by atoms with Crippen LogP contribution in [0.15, 0.2) is 18.3 Å². The van der Waals surface area contributed by atoms with Crippen LogP contribution in [0.1, 0.15) is 43.0 Å². The first-order chi connectivity index (χ1) is 9.79. The summed E-state index contributed by atoms with van der Waals surface area (Å²) >= 11 is 1.87. The van der Waals surface area contributed by atoms with Crippen molar-refractivity contribution in [2.24, 2.45) is 0 Å². The number of anilines is 1. The van der Waals surface area contributed by atoms with Gasteiger partial charge in [0.15, 0.2) is 0 Å². The van der Waals surface area contributed by atoms with E-state index in [1.165, 1.54) is 12.2 Å². The second kappa shape index (κ2) is 10.5. The predicted octanol–water partition coefficient (Wildman–Crippen LogP) is 3.17. The second-order valence-electron chi connectivity index (χ2n) is 4.64. The molecule has 2 N–H and O–H groups in total. The minimum atomic E-state index is -0.0402. The first kappa shape index (κ1) is 16.8. The fraction of sp³-hybridized carbons (Fsp3) is 0.600. The molecule has 0 unspecified atom stereocenters. The van der Waals surface area contributed by atoms with Gasteiger partial charge in [0.05, 0.1) is 5.56 Å². The van der Waals surface area contributed by atoms with E-state index >= 15 is 0 Å². The number of carbonyl (C=O) groups is 1. The summed E-state index contributed by atoms with van der Waals surface area (Å²) < 4.78 is 0. The summed E-state index contributed by atoms with van der Waals surface area (Å²) in [5, 5.41) is 6.15. The van der Waals surface area contributed by atoms with Gasteiger partial charge in [-0.1, -0.05) is 13.3 Å². The maximum absolute atomic E-state index is 12.1. The Labute approximate surface area is 126 Å². The zero-order valence-electron chi connectivity index (χ0n) is 12.4. The highest BCUT2D eigenvalue weighted by Crippen LogP contribution is 2.11. The molecular formula is C15H25N3OS. The Hall–Kier alpha value is -1.23. The molecule has 5 heteroatoms. The molecule has 0 bridgehead atoms. The van der Waals surface area contributed by atoms with Crippen molar-refractivity contribution in [2.75, 3.05) is 30.4 Å². The van der Waals surface area contributed by atoms with Crippen molar-refractivity contribution in [1.82, 2.24) is 10.3 Å². The number of hydrogen-bond acceptors (Lipinski definition) is 4. The van der Waals surface area contributed by atoms with Crippen molar-refractivity contribution in [2.45, 2.75) is 32.6 Å². The normalized spacial score (nSPS) is 10.3. The fourth-order valence-corrected chi connectivity index (χ4v) is 2.31. The minimum absolute atomic E-state index is 0.0402. The van der Waals surface area contributed by atoms with Crippen LogP contribution in [0.2, 0.25) is 0 Å². The van der Waals surface area contributed by atoms with Crippen LogP contribution in [0, 0.1) is 0 Å². The van der Waals surface area contributed by atoms with Gasteiger partial charge in [-0.25, -0.2) is 4.98 Å². The summed E-state index contributed by atoms with van der Waals surface area (Å²) in [6.07, 6.45) is 8.24. The minimum Gasteiger partial charge on any atom is -0.369 e. The van der Waals surface area contributed by atoms with Crippen LogP contribution in [0.5, 0.6) is 0 Å². The second-order valence-corrected chi connectivity index (χ2v) is 5.62. The Morgan fingerprint density at radius 2 is 2.15 bits per heavy atom. The van der Waals surface area contributed by atoms with E-state index in [-0.39, 0.29) is 5.91 Å². The van der Waals surface area contributed by atoms with Crippen molar-refractivity contribution in [1.29, 1.82) is 0 Å². The van der Waals surface area contributed by atoms with Crippen molar-refractivity contribution >= 4 is 23.5 Å². The van der Waals surface area contributed by atoms with E-state index in [4.69, 9.17) is 0 Å². The van der Waals surface area contributed by atoms with Gasteiger partial charge in [0, 0.05) is 19.3 Å². The smallest absolute Gasteiger partial charge is 0.255 e. The SMILES string of the molecule is CCCNc1ncccc1C(=O)NCCCCCSC. The number of thioether (sulfide) groups is 1. The third-order valence-electron chi connectivity index (χ3n) is 2.91. The highest BCUT2D eigenvalue weighted by molar-refractivity contribution is 7.98. The Kier molecular flexibility index (Phi) is 8.87. The monoisotopic (exact) mass is 295 g/mol. The van der Waals surface area contributed by atoms with Gasteiger partial charge in [0.2, 0.25) is 0 Å². The zero-order valence-corrected chi connectivity index (χ0v) is 13.3. The summed E-state index contributed by atoms with van der Waals surface area (Å²) in [4.78, 5) is 16.4. The van der Waals surface area contributed by atoms with E-state index in [1.807, 2.05) is 17.8 Å². The molecule has 0 atom stereocenters. The Morgan fingerprint density at radius 3 is 2.90 bits per heavy atom. The molecule has 0 fully saturated rings.